The van der Waals surface area contributed by atoms with Crippen LogP contribution in [0.2, 0.25) is 6.04 Å². The van der Waals surface area contributed by atoms with Crippen molar-refractivity contribution in [3.63, 3.8) is 0 Å². The lowest BCUT2D eigenvalue weighted by atomic mass is 10.3. The van der Waals surface area contributed by atoms with E-state index in [1.807, 2.05) is 20.8 Å². The van der Waals surface area contributed by atoms with E-state index in [9.17, 15) is 0 Å². The molecule has 0 radical (unpaired) electrons. The molecule has 0 unspecified atom stereocenters. The Kier molecular flexibility index (Phi) is 5.82. The summed E-state index contributed by atoms with van der Waals surface area (Å²) in [5, 5.41) is 0. The lowest BCUT2D eigenvalue weighted by molar-refractivity contribution is 0.0704. The van der Waals surface area contributed by atoms with Crippen molar-refractivity contribution >= 4 is 8.80 Å². The van der Waals surface area contributed by atoms with Crippen LogP contribution in [0.25, 0.3) is 0 Å². The third-order valence-electron chi connectivity index (χ3n) is 2.65. The van der Waals surface area contributed by atoms with E-state index in [0.717, 1.165) is 12.0 Å². The molecular weight excluding hydrogens is 208 g/mol. The molecule has 15 heavy (non-hydrogen) atoms. The molecule has 90 valence electrons. The number of rotatable bonds is 9. The lowest BCUT2D eigenvalue weighted by Gasteiger charge is -2.28. The molecule has 1 aliphatic rings. The van der Waals surface area contributed by atoms with E-state index in [1.54, 1.807) is 0 Å². The van der Waals surface area contributed by atoms with Crippen molar-refractivity contribution in [2.45, 2.75) is 46.1 Å². The van der Waals surface area contributed by atoms with Crippen molar-refractivity contribution in [2.24, 2.45) is 5.92 Å². The predicted octanol–water partition coefficient (Wildman–Crippen LogP) is 2.83. The average molecular weight is 232 g/mol. The summed E-state index contributed by atoms with van der Waals surface area (Å²) in [4.78, 5) is 0. The smallest absolute Gasteiger partial charge is 0.374 e. The van der Waals surface area contributed by atoms with Gasteiger partial charge in [-0.05, 0) is 33.1 Å². The standard InChI is InChI=1S/C11H24O3Si/c1-4-12-15(13-5-2,14-6-3)10-9-11-7-8-11/h11H,4-10H2,1-3H3. The van der Waals surface area contributed by atoms with Crippen molar-refractivity contribution in [3.8, 4) is 0 Å². The molecule has 1 aliphatic carbocycles. The van der Waals surface area contributed by atoms with Gasteiger partial charge in [0.05, 0.1) is 0 Å². The second-order valence-corrected chi connectivity index (χ2v) is 6.70. The third-order valence-corrected chi connectivity index (χ3v) is 5.74. The average Bonchev–Trinajstić information content (AvgIpc) is 2.99. The van der Waals surface area contributed by atoms with Crippen LogP contribution in [0, 0.1) is 5.92 Å². The molecule has 0 N–H and O–H groups in total. The van der Waals surface area contributed by atoms with Crippen LogP contribution in [0.1, 0.15) is 40.0 Å². The van der Waals surface area contributed by atoms with Crippen molar-refractivity contribution in [3.05, 3.63) is 0 Å². The summed E-state index contributed by atoms with van der Waals surface area (Å²) < 4.78 is 17.3. The van der Waals surface area contributed by atoms with E-state index in [-0.39, 0.29) is 0 Å². The van der Waals surface area contributed by atoms with Crippen LogP contribution >= 0.6 is 0 Å². The zero-order chi connectivity index (χ0) is 11.1. The zero-order valence-electron chi connectivity index (χ0n) is 10.3. The van der Waals surface area contributed by atoms with Crippen molar-refractivity contribution in [1.82, 2.24) is 0 Å². The quantitative estimate of drug-likeness (QED) is 0.572. The zero-order valence-corrected chi connectivity index (χ0v) is 11.3. The van der Waals surface area contributed by atoms with Crippen LogP contribution in [0.15, 0.2) is 0 Å². The predicted molar refractivity (Wildman–Crippen MR) is 62.8 cm³/mol. The summed E-state index contributed by atoms with van der Waals surface area (Å²) in [5.74, 6) is 0.915. The normalized spacial score (nSPS) is 17.0. The van der Waals surface area contributed by atoms with Gasteiger partial charge < -0.3 is 13.3 Å². The number of hydrogen-bond acceptors (Lipinski definition) is 3. The van der Waals surface area contributed by atoms with Gasteiger partial charge in [0.1, 0.15) is 0 Å². The Labute approximate surface area is 94.5 Å². The molecule has 0 heterocycles. The lowest BCUT2D eigenvalue weighted by Crippen LogP contribution is -2.46. The summed E-state index contributed by atoms with van der Waals surface area (Å²) in [6, 6.07) is 0.993. The molecule has 0 amide bonds. The SMILES string of the molecule is CCO[Si](CCC1CC1)(OCC)OCC. The first-order valence-electron chi connectivity index (χ1n) is 6.18. The Balaban J connectivity index is 2.43. The van der Waals surface area contributed by atoms with E-state index < -0.39 is 8.80 Å². The van der Waals surface area contributed by atoms with E-state index in [4.69, 9.17) is 13.3 Å². The van der Waals surface area contributed by atoms with Gasteiger partial charge in [-0.1, -0.05) is 12.8 Å². The topological polar surface area (TPSA) is 27.7 Å². The Hall–Kier alpha value is 0.0969. The van der Waals surface area contributed by atoms with Crippen LogP contribution in [-0.2, 0) is 13.3 Å². The maximum Gasteiger partial charge on any atom is 0.500 e. The summed E-state index contributed by atoms with van der Waals surface area (Å²) in [6.45, 7) is 8.11. The molecule has 0 aromatic heterocycles. The van der Waals surface area contributed by atoms with Crippen LogP contribution in [0.4, 0.5) is 0 Å². The van der Waals surface area contributed by atoms with Gasteiger partial charge in [-0.3, -0.25) is 0 Å². The van der Waals surface area contributed by atoms with Gasteiger partial charge in [0, 0.05) is 25.9 Å². The molecule has 0 atom stereocenters. The van der Waals surface area contributed by atoms with Gasteiger partial charge in [-0.2, -0.15) is 0 Å². The molecule has 0 bridgehead atoms. The molecule has 0 aromatic rings. The maximum absolute atomic E-state index is 5.78. The molecule has 0 saturated heterocycles. The monoisotopic (exact) mass is 232 g/mol. The highest BCUT2D eigenvalue weighted by molar-refractivity contribution is 6.60. The van der Waals surface area contributed by atoms with E-state index in [1.165, 1.54) is 19.3 Å². The fourth-order valence-corrected chi connectivity index (χ4v) is 4.55. The van der Waals surface area contributed by atoms with Crippen LogP contribution < -0.4 is 0 Å². The van der Waals surface area contributed by atoms with E-state index >= 15 is 0 Å². The van der Waals surface area contributed by atoms with Crippen LogP contribution in [0.3, 0.4) is 0 Å². The first-order valence-corrected chi connectivity index (χ1v) is 8.11. The van der Waals surface area contributed by atoms with E-state index in [0.29, 0.717) is 19.8 Å². The highest BCUT2D eigenvalue weighted by Gasteiger charge is 2.41. The largest absolute Gasteiger partial charge is 0.500 e. The van der Waals surface area contributed by atoms with Crippen LogP contribution in [-0.4, -0.2) is 28.6 Å². The Morgan fingerprint density at radius 2 is 1.40 bits per heavy atom. The first-order chi connectivity index (χ1) is 7.26. The summed E-state index contributed by atoms with van der Waals surface area (Å²) in [7, 11) is -2.32. The fourth-order valence-electron chi connectivity index (χ4n) is 1.79. The molecule has 0 aromatic carbocycles. The molecule has 1 saturated carbocycles. The second kappa shape index (κ2) is 6.63. The molecule has 1 fully saturated rings. The fraction of sp³-hybridized carbons (Fsp3) is 1.00. The summed E-state index contributed by atoms with van der Waals surface area (Å²) in [6.07, 6.45) is 3.98. The Morgan fingerprint density at radius 1 is 0.933 bits per heavy atom. The molecule has 4 heteroatoms. The number of hydrogen-bond donors (Lipinski definition) is 0. The third kappa shape index (κ3) is 4.63. The van der Waals surface area contributed by atoms with E-state index in [2.05, 4.69) is 0 Å². The van der Waals surface area contributed by atoms with Gasteiger partial charge in [-0.15, -0.1) is 0 Å². The second-order valence-electron chi connectivity index (χ2n) is 3.96. The molecule has 0 spiro atoms. The van der Waals surface area contributed by atoms with Crippen LogP contribution in [0.5, 0.6) is 0 Å². The molecular formula is C11H24O3Si. The molecule has 3 nitrogen and oxygen atoms in total. The Morgan fingerprint density at radius 3 is 1.73 bits per heavy atom. The highest BCUT2D eigenvalue weighted by atomic mass is 28.4. The minimum Gasteiger partial charge on any atom is -0.374 e. The minimum atomic E-state index is -2.32. The van der Waals surface area contributed by atoms with Crippen molar-refractivity contribution in [1.29, 1.82) is 0 Å². The van der Waals surface area contributed by atoms with Crippen molar-refractivity contribution in [2.75, 3.05) is 19.8 Å². The minimum absolute atomic E-state index is 0.691. The Bertz CT molecular complexity index is 154. The van der Waals surface area contributed by atoms with Gasteiger partial charge >= 0.3 is 8.80 Å². The summed E-state index contributed by atoms with van der Waals surface area (Å²) >= 11 is 0. The summed E-state index contributed by atoms with van der Waals surface area (Å²) in [5.41, 5.74) is 0. The molecule has 1 rings (SSSR count). The van der Waals surface area contributed by atoms with Gasteiger partial charge in [0.15, 0.2) is 0 Å². The first kappa shape index (κ1) is 13.2. The molecule has 0 aliphatic heterocycles. The van der Waals surface area contributed by atoms with Gasteiger partial charge in [-0.25, -0.2) is 0 Å². The van der Waals surface area contributed by atoms with Gasteiger partial charge in [0.2, 0.25) is 0 Å². The highest BCUT2D eigenvalue weighted by Crippen LogP contribution is 2.36. The van der Waals surface area contributed by atoms with Gasteiger partial charge in [0.25, 0.3) is 0 Å². The van der Waals surface area contributed by atoms with Crippen molar-refractivity contribution < 1.29 is 13.3 Å². The maximum atomic E-state index is 5.78.